The minimum atomic E-state index is -1.35. The molecule has 28 heavy (non-hydrogen) atoms. The Labute approximate surface area is 169 Å². The highest BCUT2D eigenvalue weighted by molar-refractivity contribution is 7.80. The van der Waals surface area contributed by atoms with Gasteiger partial charge in [0, 0.05) is 5.75 Å². The van der Waals surface area contributed by atoms with Gasteiger partial charge in [0.2, 0.25) is 17.7 Å². The van der Waals surface area contributed by atoms with Gasteiger partial charge in [-0.2, -0.15) is 12.6 Å². The Balaban J connectivity index is 5.21. The fraction of sp³-hybridized carbons (Fsp3) is 0.750. The van der Waals surface area contributed by atoms with Crippen LogP contribution in [0, 0.1) is 0 Å². The summed E-state index contributed by atoms with van der Waals surface area (Å²) in [6, 6.07) is -4.53. The van der Waals surface area contributed by atoms with Gasteiger partial charge in [0.1, 0.15) is 18.1 Å². The third-order valence-corrected chi connectivity index (χ3v) is 4.30. The number of aliphatic hydroxyl groups is 1. The summed E-state index contributed by atoms with van der Waals surface area (Å²) in [6.45, 7) is 2.98. The van der Waals surface area contributed by atoms with Crippen LogP contribution in [-0.2, 0) is 19.2 Å². The van der Waals surface area contributed by atoms with Crippen LogP contribution >= 0.6 is 12.6 Å². The lowest BCUT2D eigenvalue weighted by Crippen LogP contribution is -2.59. The number of rotatable bonds is 13. The summed E-state index contributed by atoms with van der Waals surface area (Å²) in [6.07, 6.45) is 0.0490. The van der Waals surface area contributed by atoms with E-state index < -0.39 is 54.0 Å². The summed E-state index contributed by atoms with van der Waals surface area (Å²) < 4.78 is 0. The standard InChI is InChI=1S/C16H31N5O6S/c1-8(16(26)27)19-14(24)11(5-3-4-6-17)20-15(25)12(9(2)22)21-13(23)10(18)7-28/h8-12,22,28H,3-7,17-18H2,1-2H3,(H,19,24)(H,20,25)(H,21,23)(H,26,27). The number of carboxylic acid groups (broad SMARTS) is 1. The second-order valence-corrected chi connectivity index (χ2v) is 6.80. The zero-order valence-electron chi connectivity index (χ0n) is 16.1. The molecule has 9 N–H and O–H groups in total. The fourth-order valence-electron chi connectivity index (χ4n) is 2.15. The van der Waals surface area contributed by atoms with Crippen LogP contribution in [0.5, 0.6) is 0 Å². The second kappa shape index (κ2) is 13.3. The Kier molecular flexibility index (Phi) is 12.4. The molecule has 11 nitrogen and oxygen atoms in total. The number of nitrogens with two attached hydrogens (primary N) is 2. The number of carbonyl (C=O) groups excluding carboxylic acids is 3. The van der Waals surface area contributed by atoms with Crippen molar-refractivity contribution in [3.8, 4) is 0 Å². The van der Waals surface area contributed by atoms with Crippen molar-refractivity contribution in [1.82, 2.24) is 16.0 Å². The first kappa shape index (κ1) is 26.1. The van der Waals surface area contributed by atoms with Gasteiger partial charge in [0.15, 0.2) is 0 Å². The van der Waals surface area contributed by atoms with E-state index in [1.807, 2.05) is 0 Å². The average Bonchev–Trinajstić information content (AvgIpc) is 2.63. The Morgan fingerprint density at radius 1 is 1.00 bits per heavy atom. The number of carbonyl (C=O) groups is 4. The van der Waals surface area contributed by atoms with Crippen LogP contribution in [0.1, 0.15) is 33.1 Å². The van der Waals surface area contributed by atoms with E-state index in [-0.39, 0.29) is 12.2 Å². The maximum Gasteiger partial charge on any atom is 0.325 e. The van der Waals surface area contributed by atoms with Crippen molar-refractivity contribution in [3.05, 3.63) is 0 Å². The summed E-state index contributed by atoms with van der Waals surface area (Å²) in [4.78, 5) is 47.7. The van der Waals surface area contributed by atoms with Gasteiger partial charge in [-0.1, -0.05) is 0 Å². The highest BCUT2D eigenvalue weighted by Crippen LogP contribution is 2.04. The molecule has 0 aliphatic rings. The predicted octanol–water partition coefficient (Wildman–Crippen LogP) is -2.69. The van der Waals surface area contributed by atoms with Gasteiger partial charge in [-0.15, -0.1) is 0 Å². The molecule has 5 unspecified atom stereocenters. The number of hydrogen-bond donors (Lipinski definition) is 8. The van der Waals surface area contributed by atoms with E-state index >= 15 is 0 Å². The molecule has 0 aliphatic carbocycles. The number of amides is 3. The predicted molar refractivity (Wildman–Crippen MR) is 106 cm³/mol. The molecule has 12 heteroatoms. The van der Waals surface area contributed by atoms with Crippen molar-refractivity contribution in [3.63, 3.8) is 0 Å². The zero-order valence-corrected chi connectivity index (χ0v) is 16.9. The fourth-order valence-corrected chi connectivity index (χ4v) is 2.31. The van der Waals surface area contributed by atoms with Gasteiger partial charge < -0.3 is 37.6 Å². The van der Waals surface area contributed by atoms with Crippen LogP contribution in [0.2, 0.25) is 0 Å². The quantitative estimate of drug-likeness (QED) is 0.116. The normalized spacial score (nSPS) is 16.2. The minimum absolute atomic E-state index is 0.0389. The highest BCUT2D eigenvalue weighted by atomic mass is 32.1. The molecule has 3 amide bonds. The number of aliphatic hydroxyl groups excluding tert-OH is 1. The first-order chi connectivity index (χ1) is 13.0. The maximum atomic E-state index is 12.5. The molecule has 0 aromatic rings. The lowest BCUT2D eigenvalue weighted by atomic mass is 10.1. The topological polar surface area (TPSA) is 197 Å². The molecule has 0 saturated heterocycles. The van der Waals surface area contributed by atoms with E-state index in [4.69, 9.17) is 16.6 Å². The molecular formula is C16H31N5O6S. The van der Waals surface area contributed by atoms with Crippen LogP contribution < -0.4 is 27.4 Å². The number of hydrogen-bond acceptors (Lipinski definition) is 8. The van der Waals surface area contributed by atoms with E-state index in [1.54, 1.807) is 0 Å². The molecule has 162 valence electrons. The lowest BCUT2D eigenvalue weighted by molar-refractivity contribution is -0.142. The Hall–Kier alpha value is -1.89. The molecule has 0 radical (unpaired) electrons. The molecule has 0 saturated carbocycles. The van der Waals surface area contributed by atoms with Gasteiger partial charge in [0.25, 0.3) is 0 Å². The van der Waals surface area contributed by atoms with Gasteiger partial charge in [-0.05, 0) is 39.7 Å². The molecule has 0 fully saturated rings. The van der Waals surface area contributed by atoms with Crippen LogP contribution in [0.15, 0.2) is 0 Å². The third-order valence-electron chi connectivity index (χ3n) is 3.91. The van der Waals surface area contributed by atoms with Crippen molar-refractivity contribution in [2.75, 3.05) is 12.3 Å². The summed E-state index contributed by atoms with van der Waals surface area (Å²) in [7, 11) is 0. The first-order valence-electron chi connectivity index (χ1n) is 8.93. The van der Waals surface area contributed by atoms with E-state index in [0.717, 1.165) is 0 Å². The van der Waals surface area contributed by atoms with Crippen molar-refractivity contribution < 1.29 is 29.4 Å². The molecule has 0 rings (SSSR count). The summed E-state index contributed by atoms with van der Waals surface area (Å²) in [5, 5.41) is 25.8. The van der Waals surface area contributed by atoms with Crippen LogP contribution in [-0.4, -0.2) is 76.5 Å². The average molecular weight is 422 g/mol. The maximum absolute atomic E-state index is 12.5. The smallest absolute Gasteiger partial charge is 0.325 e. The zero-order chi connectivity index (χ0) is 21.9. The van der Waals surface area contributed by atoms with E-state index in [1.165, 1.54) is 13.8 Å². The van der Waals surface area contributed by atoms with E-state index in [2.05, 4.69) is 28.6 Å². The monoisotopic (exact) mass is 421 g/mol. The minimum Gasteiger partial charge on any atom is -0.480 e. The Morgan fingerprint density at radius 2 is 1.61 bits per heavy atom. The molecule has 0 bridgehead atoms. The van der Waals surface area contributed by atoms with Crippen molar-refractivity contribution in [1.29, 1.82) is 0 Å². The number of aliphatic carboxylic acids is 1. The van der Waals surface area contributed by atoms with E-state index in [0.29, 0.717) is 19.4 Å². The molecule has 0 heterocycles. The van der Waals surface area contributed by atoms with Gasteiger partial charge in [-0.3, -0.25) is 19.2 Å². The van der Waals surface area contributed by atoms with Gasteiger partial charge >= 0.3 is 5.97 Å². The largest absolute Gasteiger partial charge is 0.480 e. The Morgan fingerprint density at radius 3 is 2.07 bits per heavy atom. The SMILES string of the molecule is CC(NC(=O)C(CCCCN)NC(=O)C(NC(=O)C(N)CS)C(C)O)C(=O)O. The second-order valence-electron chi connectivity index (χ2n) is 6.43. The molecule has 0 aliphatic heterocycles. The molecule has 5 atom stereocenters. The van der Waals surface area contributed by atoms with Crippen LogP contribution in [0.3, 0.4) is 0 Å². The summed E-state index contributed by atoms with van der Waals surface area (Å²) in [5.74, 6) is -3.36. The van der Waals surface area contributed by atoms with Crippen LogP contribution in [0.4, 0.5) is 0 Å². The van der Waals surface area contributed by atoms with Gasteiger partial charge in [-0.25, -0.2) is 0 Å². The van der Waals surface area contributed by atoms with Crippen molar-refractivity contribution in [2.24, 2.45) is 11.5 Å². The summed E-state index contributed by atoms with van der Waals surface area (Å²) >= 11 is 3.90. The number of unbranched alkanes of at least 4 members (excludes halogenated alkanes) is 1. The molecule has 0 aromatic carbocycles. The Bertz CT molecular complexity index is 548. The molecular weight excluding hydrogens is 390 g/mol. The number of carboxylic acids is 1. The van der Waals surface area contributed by atoms with Crippen LogP contribution in [0.25, 0.3) is 0 Å². The number of thiol groups is 1. The molecule has 0 aromatic heterocycles. The van der Waals surface area contributed by atoms with Crippen molar-refractivity contribution in [2.45, 2.75) is 63.4 Å². The third kappa shape index (κ3) is 9.35. The summed E-state index contributed by atoms with van der Waals surface area (Å²) in [5.41, 5.74) is 11.0. The first-order valence-corrected chi connectivity index (χ1v) is 9.56. The van der Waals surface area contributed by atoms with Gasteiger partial charge in [0.05, 0.1) is 12.1 Å². The van der Waals surface area contributed by atoms with E-state index in [9.17, 15) is 24.3 Å². The molecule has 0 spiro atoms. The number of nitrogens with one attached hydrogen (secondary N) is 3. The highest BCUT2D eigenvalue weighted by Gasteiger charge is 2.31. The lowest BCUT2D eigenvalue weighted by Gasteiger charge is -2.26. The van der Waals surface area contributed by atoms with Crippen molar-refractivity contribution >= 4 is 36.3 Å².